The average molecular weight is 387 g/mol. The van der Waals surface area contributed by atoms with Crippen molar-refractivity contribution in [2.24, 2.45) is 0 Å². The second-order valence-corrected chi connectivity index (χ2v) is 6.52. The largest absolute Gasteiger partial charge is 0.504 e. The summed E-state index contributed by atoms with van der Waals surface area (Å²) in [5.74, 6) is 1.02. The zero-order chi connectivity index (χ0) is 19.7. The lowest BCUT2D eigenvalue weighted by Gasteiger charge is -2.13. The van der Waals surface area contributed by atoms with Crippen molar-refractivity contribution in [2.75, 3.05) is 19.0 Å². The number of phenols is 1. The third kappa shape index (κ3) is 3.33. The van der Waals surface area contributed by atoms with E-state index in [2.05, 4.69) is 20.3 Å². The second-order valence-electron chi connectivity index (χ2n) is 6.52. The van der Waals surface area contributed by atoms with Crippen LogP contribution in [0, 0.1) is 0 Å². The summed E-state index contributed by atoms with van der Waals surface area (Å²) in [6, 6.07) is 5.09. The Morgan fingerprint density at radius 1 is 1.32 bits per heavy atom. The lowest BCUT2D eigenvalue weighted by atomic mass is 10.2. The molecule has 28 heavy (non-hydrogen) atoms. The van der Waals surface area contributed by atoms with E-state index >= 15 is 0 Å². The Morgan fingerprint density at radius 2 is 2.18 bits per heavy atom. The fourth-order valence-electron chi connectivity index (χ4n) is 3.26. The Hall–Kier alpha value is -2.95. The van der Waals surface area contributed by atoms with E-state index in [4.69, 9.17) is 9.47 Å². The van der Waals surface area contributed by atoms with E-state index < -0.39 is 18.4 Å². The van der Waals surface area contributed by atoms with E-state index in [1.807, 2.05) is 0 Å². The summed E-state index contributed by atoms with van der Waals surface area (Å²) in [5.41, 5.74) is 2.03. The predicted octanol–water partition coefficient (Wildman–Crippen LogP) is 0.793. The van der Waals surface area contributed by atoms with Gasteiger partial charge in [-0.2, -0.15) is 0 Å². The van der Waals surface area contributed by atoms with Gasteiger partial charge in [0.05, 0.1) is 26.1 Å². The first-order valence-electron chi connectivity index (χ1n) is 8.82. The number of methoxy groups -OCH3 is 1. The molecule has 4 N–H and O–H groups in total. The highest BCUT2D eigenvalue weighted by Gasteiger charge is 2.35. The number of ether oxygens (including phenoxy) is 2. The number of nitrogens with one attached hydrogen (secondary N) is 1. The number of aromatic nitrogens is 4. The number of fused-ring (bicyclic) bond motifs is 1. The molecule has 1 fully saturated rings. The number of imidazole rings is 1. The second kappa shape index (κ2) is 7.58. The minimum Gasteiger partial charge on any atom is -0.504 e. The molecule has 1 aliphatic rings. The van der Waals surface area contributed by atoms with Gasteiger partial charge in [0.1, 0.15) is 18.7 Å². The Kier molecular flexibility index (Phi) is 4.99. The zero-order valence-electron chi connectivity index (χ0n) is 15.2. The minimum atomic E-state index is -0.739. The van der Waals surface area contributed by atoms with E-state index in [-0.39, 0.29) is 12.4 Å². The summed E-state index contributed by atoms with van der Waals surface area (Å²) in [6.45, 7) is 0.197. The van der Waals surface area contributed by atoms with Gasteiger partial charge in [-0.3, -0.25) is 4.57 Å². The molecule has 0 amide bonds. The predicted molar refractivity (Wildman–Crippen MR) is 98.9 cm³/mol. The normalized spacial score (nSPS) is 21.9. The molecule has 0 aliphatic carbocycles. The van der Waals surface area contributed by atoms with E-state index in [0.717, 1.165) is 5.56 Å². The standard InChI is InChI=1S/C18H21N5O5/c1-27-13-4-10(2-3-11(13)25)6-19-17-16-18(21-8-20-17)23(9-22-16)15-5-12(26)14(7-24)28-15/h2-4,8-9,12,14-15,24-26H,5-7H2,1H3,(H,19,20,21)/t12?,14-,15-/m1/s1. The van der Waals surface area contributed by atoms with Crippen LogP contribution in [0.15, 0.2) is 30.9 Å². The first kappa shape index (κ1) is 18.4. The van der Waals surface area contributed by atoms with E-state index in [0.29, 0.717) is 35.7 Å². The van der Waals surface area contributed by atoms with Gasteiger partial charge in [-0.05, 0) is 17.7 Å². The number of hydrogen-bond acceptors (Lipinski definition) is 9. The lowest BCUT2D eigenvalue weighted by Crippen LogP contribution is -2.24. The fraction of sp³-hybridized carbons (Fsp3) is 0.389. The van der Waals surface area contributed by atoms with Crippen molar-refractivity contribution in [3.63, 3.8) is 0 Å². The number of aliphatic hydroxyl groups is 2. The van der Waals surface area contributed by atoms with Gasteiger partial charge in [0, 0.05) is 13.0 Å². The number of phenolic OH excluding ortho intramolecular Hbond substituents is 1. The highest BCUT2D eigenvalue weighted by molar-refractivity contribution is 5.82. The summed E-state index contributed by atoms with van der Waals surface area (Å²) >= 11 is 0. The molecule has 1 aromatic carbocycles. The summed E-state index contributed by atoms with van der Waals surface area (Å²) in [6.07, 6.45) is 1.54. The van der Waals surface area contributed by atoms with Crippen LogP contribution in [0.4, 0.5) is 5.82 Å². The van der Waals surface area contributed by atoms with Crippen LogP contribution in [0.25, 0.3) is 11.2 Å². The molecule has 0 bridgehead atoms. The fourth-order valence-corrected chi connectivity index (χ4v) is 3.26. The van der Waals surface area contributed by atoms with Gasteiger partial charge in [0.15, 0.2) is 28.5 Å². The first-order valence-corrected chi connectivity index (χ1v) is 8.82. The topological polar surface area (TPSA) is 135 Å². The molecule has 2 aromatic heterocycles. The molecule has 3 atom stereocenters. The SMILES string of the molecule is COc1cc(CNc2ncnc3c2ncn3[C@H]2CC(O)[C@@H](CO)O2)ccc1O. The van der Waals surface area contributed by atoms with Gasteiger partial charge in [-0.15, -0.1) is 0 Å². The number of rotatable bonds is 6. The van der Waals surface area contributed by atoms with Crippen molar-refractivity contribution in [2.45, 2.75) is 31.4 Å². The maximum atomic E-state index is 9.97. The molecule has 10 heteroatoms. The van der Waals surface area contributed by atoms with Gasteiger partial charge in [0.2, 0.25) is 0 Å². The monoisotopic (exact) mass is 387 g/mol. The van der Waals surface area contributed by atoms with Crippen LogP contribution >= 0.6 is 0 Å². The number of nitrogens with zero attached hydrogens (tertiary/aromatic N) is 4. The van der Waals surface area contributed by atoms with E-state index in [1.54, 1.807) is 29.1 Å². The van der Waals surface area contributed by atoms with Gasteiger partial charge < -0.3 is 30.1 Å². The van der Waals surface area contributed by atoms with Crippen molar-refractivity contribution in [3.05, 3.63) is 36.4 Å². The molecule has 1 aliphatic heterocycles. The van der Waals surface area contributed by atoms with Crippen LogP contribution in [0.3, 0.4) is 0 Å². The molecule has 0 radical (unpaired) electrons. The molecule has 1 saturated heterocycles. The molecule has 3 aromatic rings. The highest BCUT2D eigenvalue weighted by Crippen LogP contribution is 2.32. The van der Waals surface area contributed by atoms with Crippen LogP contribution in [0.1, 0.15) is 18.2 Å². The number of aromatic hydroxyl groups is 1. The maximum absolute atomic E-state index is 9.97. The summed E-state index contributed by atoms with van der Waals surface area (Å²) in [5, 5.41) is 32.1. The van der Waals surface area contributed by atoms with Gasteiger partial charge in [-0.1, -0.05) is 6.07 Å². The zero-order valence-corrected chi connectivity index (χ0v) is 15.2. The highest BCUT2D eigenvalue weighted by atomic mass is 16.5. The Morgan fingerprint density at radius 3 is 2.93 bits per heavy atom. The van der Waals surface area contributed by atoms with Gasteiger partial charge in [0.25, 0.3) is 0 Å². The third-order valence-corrected chi connectivity index (χ3v) is 4.76. The summed E-state index contributed by atoms with van der Waals surface area (Å²) in [7, 11) is 1.50. The number of benzene rings is 1. The smallest absolute Gasteiger partial charge is 0.167 e. The summed E-state index contributed by atoms with van der Waals surface area (Å²) < 4.78 is 12.5. The quantitative estimate of drug-likeness (QED) is 0.484. The van der Waals surface area contributed by atoms with Gasteiger partial charge in [-0.25, -0.2) is 15.0 Å². The van der Waals surface area contributed by atoms with E-state index in [1.165, 1.54) is 13.4 Å². The van der Waals surface area contributed by atoms with Crippen molar-refractivity contribution >= 4 is 17.0 Å². The molecule has 148 valence electrons. The van der Waals surface area contributed by atoms with Crippen molar-refractivity contribution in [1.29, 1.82) is 0 Å². The molecule has 3 heterocycles. The van der Waals surface area contributed by atoms with Crippen LogP contribution in [0.2, 0.25) is 0 Å². The van der Waals surface area contributed by atoms with Crippen LogP contribution in [-0.4, -0.2) is 60.8 Å². The van der Waals surface area contributed by atoms with Crippen molar-refractivity contribution in [3.8, 4) is 11.5 Å². The Bertz CT molecular complexity index is 978. The maximum Gasteiger partial charge on any atom is 0.167 e. The molecule has 10 nitrogen and oxygen atoms in total. The lowest BCUT2D eigenvalue weighted by molar-refractivity contribution is -0.0432. The number of hydrogen-bond donors (Lipinski definition) is 4. The average Bonchev–Trinajstić information content (AvgIpc) is 3.30. The molecule has 0 saturated carbocycles. The van der Waals surface area contributed by atoms with Crippen molar-refractivity contribution in [1.82, 2.24) is 19.5 Å². The van der Waals surface area contributed by atoms with Gasteiger partial charge >= 0.3 is 0 Å². The third-order valence-electron chi connectivity index (χ3n) is 4.76. The van der Waals surface area contributed by atoms with Crippen molar-refractivity contribution < 1.29 is 24.8 Å². The molecule has 0 spiro atoms. The van der Waals surface area contributed by atoms with Crippen LogP contribution in [0.5, 0.6) is 11.5 Å². The Labute approximate surface area is 160 Å². The van der Waals surface area contributed by atoms with Crippen LogP contribution < -0.4 is 10.1 Å². The van der Waals surface area contributed by atoms with Crippen LogP contribution in [-0.2, 0) is 11.3 Å². The molecule has 1 unspecified atom stereocenters. The summed E-state index contributed by atoms with van der Waals surface area (Å²) in [4.78, 5) is 12.9. The Balaban J connectivity index is 1.55. The minimum absolute atomic E-state index is 0.0781. The molecular weight excluding hydrogens is 366 g/mol. The number of anilines is 1. The van der Waals surface area contributed by atoms with E-state index in [9.17, 15) is 15.3 Å². The molecular formula is C18H21N5O5. The first-order chi connectivity index (χ1) is 13.6. The number of aliphatic hydroxyl groups excluding tert-OH is 2. The molecule has 4 rings (SSSR count).